The summed E-state index contributed by atoms with van der Waals surface area (Å²) in [6.45, 7) is 5.14. The first-order valence-corrected chi connectivity index (χ1v) is 6.62. The van der Waals surface area contributed by atoms with Crippen LogP contribution in [-0.4, -0.2) is 54.3 Å². The van der Waals surface area contributed by atoms with Gasteiger partial charge in [-0.2, -0.15) is 4.31 Å². The fourth-order valence-corrected chi connectivity index (χ4v) is 3.23. The molecule has 3 atom stereocenters. The third-order valence-corrected chi connectivity index (χ3v) is 4.65. The van der Waals surface area contributed by atoms with Crippen LogP contribution in [-0.2, 0) is 19.6 Å². The van der Waals surface area contributed by atoms with Crippen molar-refractivity contribution in [2.24, 2.45) is 0 Å². The van der Waals surface area contributed by atoms with Crippen LogP contribution in [0.4, 0.5) is 0 Å². The van der Waals surface area contributed by atoms with Gasteiger partial charge in [0, 0.05) is 13.1 Å². The van der Waals surface area contributed by atoms with E-state index in [1.54, 1.807) is 13.8 Å². The SMILES string of the molecule is CC1CN(S(=O)(=O)C(C)C(=O)O)CC(C)O1. The van der Waals surface area contributed by atoms with E-state index in [-0.39, 0.29) is 25.3 Å². The van der Waals surface area contributed by atoms with Crippen LogP contribution in [0.2, 0.25) is 0 Å². The average Bonchev–Trinajstić information content (AvgIpc) is 2.14. The zero-order valence-corrected chi connectivity index (χ0v) is 10.4. The third-order valence-electron chi connectivity index (χ3n) is 2.54. The molecule has 0 aromatic rings. The first kappa shape index (κ1) is 13.4. The maximum Gasteiger partial charge on any atom is 0.323 e. The van der Waals surface area contributed by atoms with E-state index in [1.807, 2.05) is 0 Å². The normalized spacial score (nSPS) is 29.9. The summed E-state index contributed by atoms with van der Waals surface area (Å²) < 4.78 is 30.4. The largest absolute Gasteiger partial charge is 0.480 e. The van der Waals surface area contributed by atoms with Gasteiger partial charge in [-0.15, -0.1) is 0 Å². The molecule has 0 aromatic carbocycles. The Hall–Kier alpha value is -0.660. The van der Waals surface area contributed by atoms with Crippen molar-refractivity contribution in [2.45, 2.75) is 38.2 Å². The minimum atomic E-state index is -3.77. The number of sulfonamides is 1. The Morgan fingerprint density at radius 1 is 1.38 bits per heavy atom. The fourth-order valence-electron chi connectivity index (χ4n) is 1.69. The van der Waals surface area contributed by atoms with Gasteiger partial charge in [0.15, 0.2) is 5.25 Å². The first-order valence-electron chi connectivity index (χ1n) is 5.12. The second-order valence-corrected chi connectivity index (χ2v) is 6.35. The molecule has 0 saturated carbocycles. The molecule has 0 radical (unpaired) electrons. The molecule has 6 nitrogen and oxygen atoms in total. The van der Waals surface area contributed by atoms with Crippen molar-refractivity contribution < 1.29 is 23.1 Å². The number of rotatable bonds is 3. The van der Waals surface area contributed by atoms with Crippen LogP contribution in [0.1, 0.15) is 20.8 Å². The van der Waals surface area contributed by atoms with Crippen molar-refractivity contribution in [3.63, 3.8) is 0 Å². The Kier molecular flexibility index (Phi) is 3.92. The van der Waals surface area contributed by atoms with Crippen LogP contribution in [0.5, 0.6) is 0 Å². The van der Waals surface area contributed by atoms with Crippen LogP contribution in [0.15, 0.2) is 0 Å². The zero-order chi connectivity index (χ0) is 12.5. The van der Waals surface area contributed by atoms with Crippen molar-refractivity contribution in [3.05, 3.63) is 0 Å². The molecule has 1 rings (SSSR count). The molecule has 1 heterocycles. The molecule has 1 aliphatic heterocycles. The molecular weight excluding hydrogens is 234 g/mol. The van der Waals surface area contributed by atoms with Crippen LogP contribution in [0, 0.1) is 0 Å². The molecule has 1 fully saturated rings. The van der Waals surface area contributed by atoms with Gasteiger partial charge >= 0.3 is 5.97 Å². The minimum absolute atomic E-state index is 0.209. The monoisotopic (exact) mass is 251 g/mol. The molecule has 0 amide bonds. The molecule has 0 bridgehead atoms. The van der Waals surface area contributed by atoms with Crippen molar-refractivity contribution in [2.75, 3.05) is 13.1 Å². The van der Waals surface area contributed by atoms with Gasteiger partial charge in [-0.1, -0.05) is 0 Å². The Bertz CT molecular complexity index is 356. The molecule has 0 aromatic heterocycles. The van der Waals surface area contributed by atoms with Gasteiger partial charge < -0.3 is 9.84 Å². The summed E-state index contributed by atoms with van der Waals surface area (Å²) in [5.74, 6) is -1.33. The number of ether oxygens (including phenoxy) is 1. The Balaban J connectivity index is 2.87. The van der Waals surface area contributed by atoms with E-state index in [0.717, 1.165) is 0 Å². The van der Waals surface area contributed by atoms with E-state index in [4.69, 9.17) is 9.84 Å². The highest BCUT2D eigenvalue weighted by atomic mass is 32.2. The van der Waals surface area contributed by atoms with Crippen LogP contribution in [0.3, 0.4) is 0 Å². The standard InChI is InChI=1S/C9H17NO5S/c1-6-4-10(5-7(2)15-6)16(13,14)8(3)9(11)12/h6-8H,4-5H2,1-3H3,(H,11,12). The highest BCUT2D eigenvalue weighted by Gasteiger charge is 2.37. The average molecular weight is 251 g/mol. The maximum absolute atomic E-state index is 11.9. The number of aliphatic carboxylic acids is 1. The number of hydrogen-bond donors (Lipinski definition) is 1. The number of hydrogen-bond acceptors (Lipinski definition) is 4. The summed E-state index contributed by atoms with van der Waals surface area (Å²) >= 11 is 0. The molecule has 1 saturated heterocycles. The number of nitrogens with zero attached hydrogens (tertiary/aromatic N) is 1. The second-order valence-electron chi connectivity index (χ2n) is 4.10. The summed E-state index contributed by atoms with van der Waals surface area (Å²) in [4.78, 5) is 10.7. The highest BCUT2D eigenvalue weighted by Crippen LogP contribution is 2.17. The van der Waals surface area contributed by atoms with E-state index in [1.165, 1.54) is 11.2 Å². The molecule has 16 heavy (non-hydrogen) atoms. The van der Waals surface area contributed by atoms with Crippen molar-refractivity contribution in [3.8, 4) is 0 Å². The molecular formula is C9H17NO5S. The van der Waals surface area contributed by atoms with Gasteiger partial charge in [0.05, 0.1) is 12.2 Å². The lowest BCUT2D eigenvalue weighted by Gasteiger charge is -2.35. The van der Waals surface area contributed by atoms with Crippen LogP contribution >= 0.6 is 0 Å². The summed E-state index contributed by atoms with van der Waals surface area (Å²) in [5.41, 5.74) is 0. The predicted octanol–water partition coefficient (Wildman–Crippen LogP) is -0.102. The highest BCUT2D eigenvalue weighted by molar-refractivity contribution is 7.90. The first-order chi connectivity index (χ1) is 7.25. The topological polar surface area (TPSA) is 83.9 Å². The minimum Gasteiger partial charge on any atom is -0.480 e. The lowest BCUT2D eigenvalue weighted by molar-refractivity contribution is -0.136. The van der Waals surface area contributed by atoms with E-state index >= 15 is 0 Å². The van der Waals surface area contributed by atoms with Gasteiger partial charge in [-0.25, -0.2) is 8.42 Å². The summed E-state index contributed by atoms with van der Waals surface area (Å²) in [6.07, 6.45) is -0.418. The van der Waals surface area contributed by atoms with Crippen molar-refractivity contribution >= 4 is 16.0 Å². The summed E-state index contributed by atoms with van der Waals surface area (Å²) in [6, 6.07) is 0. The van der Waals surface area contributed by atoms with Gasteiger partial charge in [-0.3, -0.25) is 4.79 Å². The summed E-state index contributed by atoms with van der Waals surface area (Å²) in [5, 5.41) is 7.33. The van der Waals surface area contributed by atoms with Crippen LogP contribution in [0.25, 0.3) is 0 Å². The van der Waals surface area contributed by atoms with Gasteiger partial charge in [0.25, 0.3) is 0 Å². The van der Waals surface area contributed by atoms with Gasteiger partial charge in [0.2, 0.25) is 10.0 Å². The number of morpholine rings is 1. The van der Waals surface area contributed by atoms with E-state index in [9.17, 15) is 13.2 Å². The fraction of sp³-hybridized carbons (Fsp3) is 0.889. The molecule has 3 unspecified atom stereocenters. The quantitative estimate of drug-likeness (QED) is 0.757. The Morgan fingerprint density at radius 3 is 2.19 bits per heavy atom. The molecule has 0 spiro atoms. The van der Waals surface area contributed by atoms with Crippen LogP contribution < -0.4 is 0 Å². The molecule has 0 aliphatic carbocycles. The lowest BCUT2D eigenvalue weighted by Crippen LogP contribution is -2.51. The van der Waals surface area contributed by atoms with E-state index in [0.29, 0.717) is 0 Å². The summed E-state index contributed by atoms with van der Waals surface area (Å²) in [7, 11) is -3.77. The zero-order valence-electron chi connectivity index (χ0n) is 9.58. The number of carboxylic acid groups (broad SMARTS) is 1. The number of carbonyl (C=O) groups is 1. The lowest BCUT2D eigenvalue weighted by atomic mass is 10.3. The predicted molar refractivity (Wildman–Crippen MR) is 57.6 cm³/mol. The third kappa shape index (κ3) is 2.72. The molecule has 94 valence electrons. The van der Waals surface area contributed by atoms with Gasteiger partial charge in [-0.05, 0) is 20.8 Å². The maximum atomic E-state index is 11.9. The second kappa shape index (κ2) is 4.68. The smallest absolute Gasteiger partial charge is 0.323 e. The molecule has 7 heteroatoms. The van der Waals surface area contributed by atoms with Crippen molar-refractivity contribution in [1.82, 2.24) is 4.31 Å². The number of carboxylic acids is 1. The Morgan fingerprint density at radius 2 is 1.81 bits per heavy atom. The molecule has 1 aliphatic rings. The molecule has 1 N–H and O–H groups in total. The van der Waals surface area contributed by atoms with Gasteiger partial charge in [0.1, 0.15) is 0 Å². The van der Waals surface area contributed by atoms with E-state index in [2.05, 4.69) is 0 Å². The Labute approximate surface area is 95.2 Å². The van der Waals surface area contributed by atoms with E-state index < -0.39 is 21.2 Å². The van der Waals surface area contributed by atoms with Crippen molar-refractivity contribution in [1.29, 1.82) is 0 Å².